The molecule has 0 saturated heterocycles. The van der Waals surface area contributed by atoms with Gasteiger partial charge in [0.2, 0.25) is 5.78 Å². The highest BCUT2D eigenvalue weighted by Gasteiger charge is 2.64. The number of phenols is 1. The molecule has 0 bridgehead atoms. The third-order valence-corrected chi connectivity index (χ3v) is 10.5. The Labute approximate surface area is 236 Å². The number of aliphatic hydroxyl groups excluding tert-OH is 2. The predicted molar refractivity (Wildman–Crippen MR) is 145 cm³/mol. The summed E-state index contributed by atoms with van der Waals surface area (Å²) in [5, 5.41) is 45.5. The summed E-state index contributed by atoms with van der Waals surface area (Å²) >= 11 is 6.92. The molecule has 5 aliphatic carbocycles. The first-order chi connectivity index (χ1) is 18.8. The number of halogens is 1. The summed E-state index contributed by atoms with van der Waals surface area (Å²) < 4.78 is 0. The van der Waals surface area contributed by atoms with E-state index >= 15 is 0 Å². The molecule has 6 N–H and O–H groups in total. The number of nitrogens with zero attached hydrogens (tertiary/aromatic N) is 2. The smallest absolute Gasteiger partial charge is 0.255 e. The fraction of sp³-hybridized carbons (Fsp3) is 0.552. The summed E-state index contributed by atoms with van der Waals surface area (Å²) in [6, 6.07) is 0.380. The molecule has 0 radical (unpaired) electrons. The molecular formula is C29H34ClN3O7. The van der Waals surface area contributed by atoms with Crippen LogP contribution in [0.1, 0.15) is 48.8 Å². The van der Waals surface area contributed by atoms with Crippen LogP contribution in [0, 0.1) is 17.8 Å². The van der Waals surface area contributed by atoms with Crippen LogP contribution in [0.25, 0.3) is 5.76 Å². The van der Waals surface area contributed by atoms with E-state index in [1.807, 2.05) is 0 Å². The van der Waals surface area contributed by atoms with Gasteiger partial charge < -0.3 is 26.2 Å². The molecule has 40 heavy (non-hydrogen) atoms. The Morgan fingerprint density at radius 3 is 2.35 bits per heavy atom. The number of likely N-dealkylation sites (N-methyl/N-ethyl adjacent to an activating group) is 1. The second kappa shape index (κ2) is 8.79. The lowest BCUT2D eigenvalue weighted by atomic mass is 9.57. The number of aliphatic hydroxyl groups is 3. The number of primary amides is 1. The largest absolute Gasteiger partial charge is 0.508 e. The lowest BCUT2D eigenvalue weighted by Crippen LogP contribution is -2.65. The van der Waals surface area contributed by atoms with Gasteiger partial charge in [0.05, 0.1) is 11.6 Å². The molecule has 5 aliphatic rings. The second-order valence-electron chi connectivity index (χ2n) is 12.4. The number of hydrogen-bond acceptors (Lipinski definition) is 9. The molecule has 11 heteroatoms. The zero-order chi connectivity index (χ0) is 29.0. The standard InChI is InChI=1S/C29H34ClN3O7/c1-32(2)22-16-9-12-8-15-19(17(34)10-13(21(15)30)11-33(3)28(6-7-28)14-4-5-14)23(35)18(12)25(37)29(16,40)26(38)20(24(22)36)27(31)39/h10,12,14,16,22,34-35,38,40H,4-9,11H2,1-3H3,(H2,31,39)/t12-,16-,22-,29-/m0/s1. The number of Topliss-reactive ketones (excluding diaryl/α,β-unsaturated/α-hetero) is 2. The van der Waals surface area contributed by atoms with E-state index in [2.05, 4.69) is 11.9 Å². The molecule has 1 aromatic carbocycles. The number of fused-ring (bicyclic) bond motifs is 3. The van der Waals surface area contributed by atoms with Crippen molar-refractivity contribution in [1.82, 2.24) is 9.80 Å². The Hall–Kier alpha value is -2.92. The van der Waals surface area contributed by atoms with Crippen LogP contribution in [0.2, 0.25) is 5.02 Å². The van der Waals surface area contributed by atoms with E-state index in [1.54, 1.807) is 14.1 Å². The average Bonchev–Trinajstić information content (AvgIpc) is 3.77. The number of phenolic OH excluding ortho intramolecular Hbond substituents is 1. The molecule has 214 valence electrons. The summed E-state index contributed by atoms with van der Waals surface area (Å²) in [4.78, 5) is 43.0. The van der Waals surface area contributed by atoms with Crippen LogP contribution in [-0.2, 0) is 27.3 Å². The maximum Gasteiger partial charge on any atom is 0.255 e. The minimum atomic E-state index is -2.66. The number of carbonyl (C=O) groups is 3. The molecule has 0 heterocycles. The highest BCUT2D eigenvalue weighted by Crippen LogP contribution is 2.58. The van der Waals surface area contributed by atoms with Crippen molar-refractivity contribution in [2.75, 3.05) is 21.1 Å². The number of aromatic hydroxyl groups is 1. The molecule has 3 fully saturated rings. The molecule has 0 aliphatic heterocycles. The van der Waals surface area contributed by atoms with Crippen molar-refractivity contribution in [1.29, 1.82) is 0 Å². The van der Waals surface area contributed by atoms with Gasteiger partial charge >= 0.3 is 0 Å². The average molecular weight is 572 g/mol. The van der Waals surface area contributed by atoms with Gasteiger partial charge in [-0.1, -0.05) is 11.6 Å². The molecular weight excluding hydrogens is 538 g/mol. The first kappa shape index (κ1) is 27.3. The molecule has 10 nitrogen and oxygen atoms in total. The SMILES string of the molecule is CN(C)[C@@H]1C(=O)C(C(N)=O)=C(O)[C@@]2(O)C(=O)C3=C(O)c4c(O)cc(CN(C)C5(C6CC6)CC5)c(Cl)c4C[C@H]3C[C@@H]12. The first-order valence-corrected chi connectivity index (χ1v) is 14.0. The van der Waals surface area contributed by atoms with E-state index in [4.69, 9.17) is 17.3 Å². The lowest BCUT2D eigenvalue weighted by molar-refractivity contribution is -0.153. The highest BCUT2D eigenvalue weighted by atomic mass is 35.5. The molecule has 0 aromatic heterocycles. The second-order valence-corrected chi connectivity index (χ2v) is 12.8. The van der Waals surface area contributed by atoms with Gasteiger partial charge in [-0.3, -0.25) is 24.2 Å². The fourth-order valence-corrected chi connectivity index (χ4v) is 8.01. The van der Waals surface area contributed by atoms with Crippen LogP contribution in [0.15, 0.2) is 23.0 Å². The lowest BCUT2D eigenvalue weighted by Gasteiger charge is -2.50. The number of ketones is 2. The Kier molecular flexibility index (Phi) is 5.99. The number of amides is 1. The van der Waals surface area contributed by atoms with Crippen LogP contribution in [0.5, 0.6) is 5.75 Å². The molecule has 0 unspecified atom stereocenters. The van der Waals surface area contributed by atoms with Gasteiger partial charge in [0.25, 0.3) is 5.91 Å². The zero-order valence-corrected chi connectivity index (χ0v) is 23.5. The van der Waals surface area contributed by atoms with Crippen molar-refractivity contribution in [3.8, 4) is 5.75 Å². The fourth-order valence-electron chi connectivity index (χ4n) is 7.73. The van der Waals surface area contributed by atoms with E-state index < -0.39 is 58.0 Å². The van der Waals surface area contributed by atoms with E-state index in [1.165, 1.54) is 23.8 Å². The number of carbonyl (C=O) groups excluding carboxylic acids is 3. The summed E-state index contributed by atoms with van der Waals surface area (Å²) in [5.74, 6) is -6.06. The Bertz CT molecular complexity index is 1440. The number of hydrogen-bond donors (Lipinski definition) is 5. The van der Waals surface area contributed by atoms with Gasteiger partial charge in [0.1, 0.15) is 22.8 Å². The first-order valence-electron chi connectivity index (χ1n) is 13.6. The number of nitrogens with two attached hydrogens (primary N) is 1. The van der Waals surface area contributed by atoms with Crippen molar-refractivity contribution in [3.05, 3.63) is 44.7 Å². The Morgan fingerprint density at radius 2 is 1.80 bits per heavy atom. The molecule has 1 amide bonds. The normalized spacial score (nSPS) is 30.9. The minimum absolute atomic E-state index is 0.0102. The Balaban J connectivity index is 1.44. The summed E-state index contributed by atoms with van der Waals surface area (Å²) in [7, 11) is 5.20. The van der Waals surface area contributed by atoms with Gasteiger partial charge in [-0.05, 0) is 88.7 Å². The van der Waals surface area contributed by atoms with E-state index in [0.717, 1.165) is 12.8 Å². The maximum atomic E-state index is 13.9. The van der Waals surface area contributed by atoms with Crippen molar-refractivity contribution in [2.24, 2.45) is 23.5 Å². The monoisotopic (exact) mass is 571 g/mol. The molecule has 0 spiro atoms. The van der Waals surface area contributed by atoms with Crippen LogP contribution in [-0.4, -0.2) is 86.0 Å². The van der Waals surface area contributed by atoms with E-state index in [-0.39, 0.29) is 35.3 Å². The van der Waals surface area contributed by atoms with Crippen LogP contribution in [0.3, 0.4) is 0 Å². The molecule has 3 saturated carbocycles. The molecule has 6 rings (SSSR count). The van der Waals surface area contributed by atoms with Crippen molar-refractivity contribution in [2.45, 2.75) is 62.3 Å². The van der Waals surface area contributed by atoms with Gasteiger partial charge in [-0.25, -0.2) is 0 Å². The van der Waals surface area contributed by atoms with Gasteiger partial charge in [-0.15, -0.1) is 0 Å². The van der Waals surface area contributed by atoms with Crippen molar-refractivity contribution < 1.29 is 34.8 Å². The van der Waals surface area contributed by atoms with E-state index in [9.17, 15) is 34.8 Å². The van der Waals surface area contributed by atoms with Gasteiger partial charge in [0.15, 0.2) is 11.4 Å². The third-order valence-electron chi connectivity index (χ3n) is 10.00. The minimum Gasteiger partial charge on any atom is -0.508 e. The number of benzene rings is 1. The van der Waals surface area contributed by atoms with Crippen LogP contribution < -0.4 is 5.73 Å². The molecule has 4 atom stereocenters. The Morgan fingerprint density at radius 1 is 1.15 bits per heavy atom. The van der Waals surface area contributed by atoms with Crippen molar-refractivity contribution in [3.63, 3.8) is 0 Å². The quantitative estimate of drug-likeness (QED) is 0.321. The third kappa shape index (κ3) is 3.55. The maximum absolute atomic E-state index is 13.9. The van der Waals surface area contributed by atoms with Gasteiger partial charge in [-0.2, -0.15) is 0 Å². The topological polar surface area (TPSA) is 165 Å². The molecule has 1 aromatic rings. The van der Waals surface area contributed by atoms with Crippen molar-refractivity contribution >= 4 is 34.8 Å². The summed E-state index contributed by atoms with van der Waals surface area (Å²) in [6.45, 7) is 0.519. The zero-order valence-electron chi connectivity index (χ0n) is 22.7. The predicted octanol–water partition coefficient (Wildman–Crippen LogP) is 1.99. The highest BCUT2D eigenvalue weighted by molar-refractivity contribution is 6.32. The van der Waals surface area contributed by atoms with Gasteiger partial charge in [0, 0.05) is 28.6 Å². The number of rotatable bonds is 6. The van der Waals surface area contributed by atoms with Crippen LogP contribution in [0.4, 0.5) is 0 Å². The van der Waals surface area contributed by atoms with E-state index in [0.29, 0.717) is 28.6 Å². The van der Waals surface area contributed by atoms with Crippen LogP contribution >= 0.6 is 11.6 Å². The summed E-state index contributed by atoms with van der Waals surface area (Å²) in [5.41, 5.74) is 3.08. The summed E-state index contributed by atoms with van der Waals surface area (Å²) in [6.07, 6.45) is 4.91.